The zero-order valence-corrected chi connectivity index (χ0v) is 11.4. The lowest BCUT2D eigenvalue weighted by Gasteiger charge is -2.31. The van der Waals surface area contributed by atoms with Gasteiger partial charge in [0.05, 0.1) is 12.2 Å². The molecule has 1 aliphatic rings. The molecule has 0 aliphatic heterocycles. The number of anilines is 1. The van der Waals surface area contributed by atoms with Crippen molar-refractivity contribution in [3.05, 3.63) is 30.1 Å². The molecular formula is C15H21FN2O. The summed E-state index contributed by atoms with van der Waals surface area (Å²) in [5.74, 6) is -0.300. The Bertz CT molecular complexity index is 430. The SMILES string of the molecule is CN(C(=O)CNc1ccccc1F)C1CCCCC1. The molecule has 1 aromatic carbocycles. The summed E-state index contributed by atoms with van der Waals surface area (Å²) in [7, 11) is 1.85. The molecule has 3 nitrogen and oxygen atoms in total. The summed E-state index contributed by atoms with van der Waals surface area (Å²) in [6.07, 6.45) is 5.84. The fourth-order valence-corrected chi connectivity index (χ4v) is 2.57. The van der Waals surface area contributed by atoms with E-state index in [2.05, 4.69) is 5.32 Å². The number of hydrogen-bond donors (Lipinski definition) is 1. The van der Waals surface area contributed by atoms with Crippen LogP contribution in [0.5, 0.6) is 0 Å². The fourth-order valence-electron chi connectivity index (χ4n) is 2.57. The van der Waals surface area contributed by atoms with Gasteiger partial charge in [0.25, 0.3) is 0 Å². The highest BCUT2D eigenvalue weighted by molar-refractivity contribution is 5.81. The van der Waals surface area contributed by atoms with Crippen molar-refractivity contribution in [2.75, 3.05) is 18.9 Å². The lowest BCUT2D eigenvalue weighted by molar-refractivity contribution is -0.130. The maximum absolute atomic E-state index is 13.4. The molecule has 0 unspecified atom stereocenters. The van der Waals surface area contributed by atoms with E-state index < -0.39 is 0 Å². The minimum Gasteiger partial charge on any atom is -0.374 e. The second-order valence-corrected chi connectivity index (χ2v) is 5.13. The van der Waals surface area contributed by atoms with Crippen molar-refractivity contribution in [2.24, 2.45) is 0 Å². The van der Waals surface area contributed by atoms with Crippen molar-refractivity contribution in [3.63, 3.8) is 0 Å². The van der Waals surface area contributed by atoms with E-state index in [0.29, 0.717) is 11.7 Å². The van der Waals surface area contributed by atoms with E-state index in [4.69, 9.17) is 0 Å². The zero-order valence-electron chi connectivity index (χ0n) is 11.4. The van der Waals surface area contributed by atoms with Crippen molar-refractivity contribution < 1.29 is 9.18 Å². The molecule has 0 atom stereocenters. The number of hydrogen-bond acceptors (Lipinski definition) is 2. The van der Waals surface area contributed by atoms with Gasteiger partial charge < -0.3 is 10.2 Å². The Morgan fingerprint density at radius 1 is 1.32 bits per heavy atom. The monoisotopic (exact) mass is 264 g/mol. The lowest BCUT2D eigenvalue weighted by atomic mass is 9.94. The summed E-state index contributed by atoms with van der Waals surface area (Å²) in [5, 5.41) is 2.87. The average Bonchev–Trinajstić information content (AvgIpc) is 2.46. The first kappa shape index (κ1) is 13.8. The van der Waals surface area contributed by atoms with E-state index in [0.717, 1.165) is 12.8 Å². The number of rotatable bonds is 4. The van der Waals surface area contributed by atoms with Crippen LogP contribution in [0.3, 0.4) is 0 Å². The molecule has 104 valence electrons. The van der Waals surface area contributed by atoms with Gasteiger partial charge in [0, 0.05) is 13.1 Å². The maximum atomic E-state index is 13.4. The third-order valence-electron chi connectivity index (χ3n) is 3.82. The largest absolute Gasteiger partial charge is 0.374 e. The second kappa shape index (κ2) is 6.55. The van der Waals surface area contributed by atoms with Gasteiger partial charge in [-0.15, -0.1) is 0 Å². The second-order valence-electron chi connectivity index (χ2n) is 5.13. The van der Waals surface area contributed by atoms with Crippen LogP contribution in [0.15, 0.2) is 24.3 Å². The Morgan fingerprint density at radius 3 is 2.68 bits per heavy atom. The summed E-state index contributed by atoms with van der Waals surface area (Å²) >= 11 is 0. The molecule has 1 amide bonds. The average molecular weight is 264 g/mol. The molecule has 19 heavy (non-hydrogen) atoms. The van der Waals surface area contributed by atoms with Gasteiger partial charge in [0.15, 0.2) is 0 Å². The smallest absolute Gasteiger partial charge is 0.241 e. The van der Waals surface area contributed by atoms with Crippen LogP contribution in [-0.4, -0.2) is 30.4 Å². The van der Waals surface area contributed by atoms with Crippen LogP contribution >= 0.6 is 0 Å². The number of carbonyl (C=O) groups excluding carboxylic acids is 1. The molecule has 0 bridgehead atoms. The molecule has 0 radical (unpaired) electrons. The Hall–Kier alpha value is -1.58. The Morgan fingerprint density at radius 2 is 2.00 bits per heavy atom. The molecular weight excluding hydrogens is 243 g/mol. The van der Waals surface area contributed by atoms with Crippen LogP contribution in [0, 0.1) is 5.82 Å². The van der Waals surface area contributed by atoms with Crippen molar-refractivity contribution in [3.8, 4) is 0 Å². The topological polar surface area (TPSA) is 32.3 Å². The molecule has 0 heterocycles. The number of benzene rings is 1. The first-order valence-electron chi connectivity index (χ1n) is 6.92. The normalized spacial score (nSPS) is 16.1. The van der Waals surface area contributed by atoms with Crippen LogP contribution in [0.2, 0.25) is 0 Å². The zero-order chi connectivity index (χ0) is 13.7. The molecule has 0 saturated heterocycles. The molecule has 1 saturated carbocycles. The molecule has 1 N–H and O–H groups in total. The first-order valence-corrected chi connectivity index (χ1v) is 6.92. The molecule has 2 rings (SSSR count). The van der Waals surface area contributed by atoms with Gasteiger partial charge in [0.1, 0.15) is 5.82 Å². The Labute approximate surface area is 113 Å². The van der Waals surface area contributed by atoms with E-state index in [1.165, 1.54) is 25.3 Å². The highest BCUT2D eigenvalue weighted by Gasteiger charge is 2.21. The predicted octanol–water partition coefficient (Wildman–Crippen LogP) is 3.03. The van der Waals surface area contributed by atoms with Crippen LogP contribution in [0.4, 0.5) is 10.1 Å². The molecule has 1 fully saturated rings. The third-order valence-corrected chi connectivity index (χ3v) is 3.82. The molecule has 0 aromatic heterocycles. The van der Waals surface area contributed by atoms with Gasteiger partial charge in [-0.3, -0.25) is 4.79 Å². The lowest BCUT2D eigenvalue weighted by Crippen LogP contribution is -2.41. The number of nitrogens with one attached hydrogen (secondary N) is 1. The minimum absolute atomic E-state index is 0.0233. The molecule has 4 heteroatoms. The summed E-state index contributed by atoms with van der Waals surface area (Å²) in [4.78, 5) is 13.9. The van der Waals surface area contributed by atoms with Gasteiger partial charge in [0.2, 0.25) is 5.91 Å². The van der Waals surface area contributed by atoms with E-state index in [9.17, 15) is 9.18 Å². The summed E-state index contributed by atoms with van der Waals surface area (Å²) in [6, 6.07) is 6.77. The van der Waals surface area contributed by atoms with Gasteiger partial charge in [-0.1, -0.05) is 31.4 Å². The molecule has 1 aromatic rings. The number of para-hydroxylation sites is 1. The Kier molecular flexibility index (Phi) is 4.77. The Balaban J connectivity index is 1.85. The van der Waals surface area contributed by atoms with Crippen LogP contribution in [0.1, 0.15) is 32.1 Å². The van der Waals surface area contributed by atoms with E-state index in [1.807, 2.05) is 11.9 Å². The van der Waals surface area contributed by atoms with Crippen LogP contribution in [-0.2, 0) is 4.79 Å². The quantitative estimate of drug-likeness (QED) is 0.906. The maximum Gasteiger partial charge on any atom is 0.241 e. The van der Waals surface area contributed by atoms with Crippen molar-refractivity contribution in [1.82, 2.24) is 4.90 Å². The third kappa shape index (κ3) is 3.69. The molecule has 0 spiro atoms. The summed E-state index contributed by atoms with van der Waals surface area (Å²) in [5.41, 5.74) is 0.382. The first-order chi connectivity index (χ1) is 9.18. The van der Waals surface area contributed by atoms with Gasteiger partial charge in [-0.05, 0) is 25.0 Å². The highest BCUT2D eigenvalue weighted by Crippen LogP contribution is 2.21. The van der Waals surface area contributed by atoms with E-state index >= 15 is 0 Å². The van der Waals surface area contributed by atoms with Gasteiger partial charge in [-0.25, -0.2) is 4.39 Å². The number of halogens is 1. The van der Waals surface area contributed by atoms with Gasteiger partial charge in [-0.2, -0.15) is 0 Å². The van der Waals surface area contributed by atoms with E-state index in [1.54, 1.807) is 18.2 Å². The van der Waals surface area contributed by atoms with Crippen LogP contribution < -0.4 is 5.32 Å². The number of likely N-dealkylation sites (N-methyl/N-ethyl adjacent to an activating group) is 1. The highest BCUT2D eigenvalue weighted by atomic mass is 19.1. The van der Waals surface area contributed by atoms with Crippen LogP contribution in [0.25, 0.3) is 0 Å². The number of carbonyl (C=O) groups is 1. The molecule has 1 aliphatic carbocycles. The summed E-state index contributed by atoms with van der Waals surface area (Å²) < 4.78 is 13.4. The van der Waals surface area contributed by atoms with Crippen molar-refractivity contribution in [1.29, 1.82) is 0 Å². The van der Waals surface area contributed by atoms with Gasteiger partial charge >= 0.3 is 0 Å². The number of nitrogens with zero attached hydrogens (tertiary/aromatic N) is 1. The standard InChI is InChI=1S/C15H21FN2O/c1-18(12-7-3-2-4-8-12)15(19)11-17-14-10-6-5-9-13(14)16/h5-6,9-10,12,17H,2-4,7-8,11H2,1H3. The van der Waals surface area contributed by atoms with E-state index in [-0.39, 0.29) is 18.3 Å². The number of amides is 1. The predicted molar refractivity (Wildman–Crippen MR) is 74.5 cm³/mol. The van der Waals surface area contributed by atoms with Crippen molar-refractivity contribution in [2.45, 2.75) is 38.1 Å². The van der Waals surface area contributed by atoms with Crippen molar-refractivity contribution >= 4 is 11.6 Å². The fraction of sp³-hybridized carbons (Fsp3) is 0.533. The summed E-state index contributed by atoms with van der Waals surface area (Å²) in [6.45, 7) is 0.147. The minimum atomic E-state index is -0.324.